The highest BCUT2D eigenvalue weighted by Gasteiger charge is 2.21. The number of benzene rings is 1. The smallest absolute Gasteiger partial charge is 0.271 e. The zero-order chi connectivity index (χ0) is 15.1. The average molecular weight is 500 g/mol. The van der Waals surface area contributed by atoms with Gasteiger partial charge in [-0.25, -0.2) is 8.42 Å². The quantitative estimate of drug-likeness (QED) is 0.559. The number of thiophene rings is 1. The molecule has 0 atom stereocenters. The fourth-order valence-electron chi connectivity index (χ4n) is 1.28. The molecule has 0 saturated heterocycles. The Hall–Kier alpha value is 0.500. The Morgan fingerprint density at radius 3 is 2.00 bits per heavy atom. The minimum Gasteiger partial charge on any atom is -0.276 e. The molecular formula is C10H4Br2Cl3NO2S2. The summed E-state index contributed by atoms with van der Waals surface area (Å²) in [5.74, 6) is 0. The molecule has 0 saturated carbocycles. The maximum atomic E-state index is 12.2. The van der Waals surface area contributed by atoms with Gasteiger partial charge in [0.1, 0.15) is 4.21 Å². The van der Waals surface area contributed by atoms with E-state index in [0.717, 1.165) is 11.3 Å². The van der Waals surface area contributed by atoms with Gasteiger partial charge in [-0.05, 0) is 34.1 Å². The van der Waals surface area contributed by atoms with Crippen LogP contribution >= 0.6 is 78.0 Å². The van der Waals surface area contributed by atoms with E-state index in [1.54, 1.807) is 12.1 Å². The molecule has 0 fully saturated rings. The topological polar surface area (TPSA) is 46.2 Å². The van der Waals surface area contributed by atoms with Crippen molar-refractivity contribution in [2.75, 3.05) is 4.72 Å². The summed E-state index contributed by atoms with van der Waals surface area (Å²) in [7, 11) is -3.80. The van der Waals surface area contributed by atoms with Crippen molar-refractivity contribution in [3.63, 3.8) is 0 Å². The van der Waals surface area contributed by atoms with E-state index in [2.05, 4.69) is 36.6 Å². The van der Waals surface area contributed by atoms with E-state index in [1.807, 2.05) is 0 Å². The standard InChI is InChI=1S/C10H4Br2Cl3NO2S2/c11-4-1-5(13)9(6(14)2-4)16-20(17,18)8-3-7(15)10(12)19-8/h1-3,16H. The van der Waals surface area contributed by atoms with E-state index < -0.39 is 10.0 Å². The van der Waals surface area contributed by atoms with Crippen LogP contribution in [0.2, 0.25) is 15.1 Å². The molecule has 1 heterocycles. The minimum atomic E-state index is -3.80. The van der Waals surface area contributed by atoms with Crippen LogP contribution in [0.15, 0.2) is 30.7 Å². The van der Waals surface area contributed by atoms with Crippen molar-refractivity contribution < 1.29 is 8.42 Å². The molecule has 108 valence electrons. The van der Waals surface area contributed by atoms with Gasteiger partial charge in [0, 0.05) is 4.47 Å². The number of hydrogen-bond acceptors (Lipinski definition) is 3. The summed E-state index contributed by atoms with van der Waals surface area (Å²) in [6.45, 7) is 0. The molecule has 0 aliphatic carbocycles. The number of nitrogens with one attached hydrogen (secondary N) is 1. The number of hydrogen-bond donors (Lipinski definition) is 1. The number of rotatable bonds is 3. The SMILES string of the molecule is O=S(=O)(Nc1c(Cl)cc(Br)cc1Cl)c1cc(Cl)c(Br)s1. The van der Waals surface area contributed by atoms with E-state index in [9.17, 15) is 8.42 Å². The van der Waals surface area contributed by atoms with Crippen LogP contribution in [0.5, 0.6) is 0 Å². The molecule has 1 aromatic carbocycles. The Kier molecular flexibility index (Phi) is 5.33. The fraction of sp³-hybridized carbons (Fsp3) is 0. The predicted molar refractivity (Wildman–Crippen MR) is 92.0 cm³/mol. The molecule has 0 spiro atoms. The summed E-state index contributed by atoms with van der Waals surface area (Å²) in [6, 6.07) is 4.44. The molecule has 1 N–H and O–H groups in total. The molecular weight excluding hydrogens is 496 g/mol. The van der Waals surface area contributed by atoms with Crippen molar-refractivity contribution >= 4 is 93.7 Å². The molecule has 0 unspecified atom stereocenters. The molecule has 10 heteroatoms. The van der Waals surface area contributed by atoms with E-state index in [-0.39, 0.29) is 19.9 Å². The van der Waals surface area contributed by atoms with E-state index in [0.29, 0.717) is 13.3 Å². The van der Waals surface area contributed by atoms with Gasteiger partial charge in [-0.3, -0.25) is 4.72 Å². The fourth-order valence-corrected chi connectivity index (χ4v) is 6.20. The largest absolute Gasteiger partial charge is 0.276 e. The Labute approximate surface area is 151 Å². The van der Waals surface area contributed by atoms with Crippen molar-refractivity contribution in [3.8, 4) is 0 Å². The van der Waals surface area contributed by atoms with Gasteiger partial charge < -0.3 is 0 Å². The van der Waals surface area contributed by atoms with Crippen LogP contribution in [-0.4, -0.2) is 8.42 Å². The van der Waals surface area contributed by atoms with Gasteiger partial charge in [0.15, 0.2) is 0 Å². The Balaban J connectivity index is 2.43. The molecule has 2 rings (SSSR count). The minimum absolute atomic E-state index is 0.0597. The van der Waals surface area contributed by atoms with Gasteiger partial charge in [-0.2, -0.15) is 0 Å². The van der Waals surface area contributed by atoms with Crippen molar-refractivity contribution in [2.45, 2.75) is 4.21 Å². The highest BCUT2D eigenvalue weighted by Crippen LogP contribution is 2.38. The molecule has 0 aliphatic rings. The molecule has 3 nitrogen and oxygen atoms in total. The van der Waals surface area contributed by atoms with Crippen molar-refractivity contribution in [1.82, 2.24) is 0 Å². The lowest BCUT2D eigenvalue weighted by molar-refractivity contribution is 0.603. The average Bonchev–Trinajstić information content (AvgIpc) is 2.65. The van der Waals surface area contributed by atoms with Crippen LogP contribution in [0.3, 0.4) is 0 Å². The second-order valence-corrected chi connectivity index (χ2v) is 9.95. The molecule has 0 radical (unpaired) electrons. The van der Waals surface area contributed by atoms with Crippen LogP contribution in [0, 0.1) is 0 Å². The predicted octanol–water partition coefficient (Wildman–Crippen LogP) is 6.03. The molecule has 0 aliphatic heterocycles. The van der Waals surface area contributed by atoms with Crippen LogP contribution in [0.1, 0.15) is 0 Å². The van der Waals surface area contributed by atoms with Crippen LogP contribution < -0.4 is 4.72 Å². The first kappa shape index (κ1) is 16.9. The normalized spacial score (nSPS) is 11.7. The third-order valence-electron chi connectivity index (χ3n) is 2.13. The first-order chi connectivity index (χ1) is 9.20. The van der Waals surface area contributed by atoms with E-state index >= 15 is 0 Å². The summed E-state index contributed by atoms with van der Waals surface area (Å²) in [5, 5.41) is 0.702. The molecule has 0 bridgehead atoms. The summed E-state index contributed by atoms with van der Waals surface area (Å²) in [6.07, 6.45) is 0. The van der Waals surface area contributed by atoms with Crippen LogP contribution in [-0.2, 0) is 10.0 Å². The molecule has 0 amide bonds. The lowest BCUT2D eigenvalue weighted by atomic mass is 10.3. The lowest BCUT2D eigenvalue weighted by Gasteiger charge is -2.10. The number of sulfonamides is 1. The van der Waals surface area contributed by atoms with Crippen molar-refractivity contribution in [1.29, 1.82) is 0 Å². The lowest BCUT2D eigenvalue weighted by Crippen LogP contribution is -2.12. The van der Waals surface area contributed by atoms with Gasteiger partial charge in [0.25, 0.3) is 10.0 Å². The Bertz CT molecular complexity index is 734. The van der Waals surface area contributed by atoms with Gasteiger partial charge in [0.05, 0.1) is 24.5 Å². The highest BCUT2D eigenvalue weighted by molar-refractivity contribution is 9.11. The van der Waals surface area contributed by atoms with E-state index in [1.165, 1.54) is 6.07 Å². The van der Waals surface area contributed by atoms with Gasteiger partial charge in [0.2, 0.25) is 0 Å². The summed E-state index contributed by atoms with van der Waals surface area (Å²) >= 11 is 25.2. The molecule has 1 aromatic heterocycles. The third kappa shape index (κ3) is 3.63. The first-order valence-electron chi connectivity index (χ1n) is 4.83. The summed E-state index contributed by atoms with van der Waals surface area (Å²) in [5.41, 5.74) is 0.122. The summed E-state index contributed by atoms with van der Waals surface area (Å²) in [4.78, 5) is 0. The molecule has 2 aromatic rings. The number of anilines is 1. The van der Waals surface area contributed by atoms with Gasteiger partial charge in [-0.15, -0.1) is 11.3 Å². The Morgan fingerprint density at radius 2 is 1.55 bits per heavy atom. The Morgan fingerprint density at radius 1 is 1.00 bits per heavy atom. The van der Waals surface area contributed by atoms with Crippen LogP contribution in [0.25, 0.3) is 0 Å². The van der Waals surface area contributed by atoms with Crippen molar-refractivity contribution in [2.24, 2.45) is 0 Å². The zero-order valence-electron chi connectivity index (χ0n) is 9.25. The summed E-state index contributed by atoms with van der Waals surface area (Å²) < 4.78 is 28.1. The second kappa shape index (κ2) is 6.32. The van der Waals surface area contributed by atoms with Gasteiger partial charge in [-0.1, -0.05) is 50.7 Å². The van der Waals surface area contributed by atoms with Gasteiger partial charge >= 0.3 is 0 Å². The van der Waals surface area contributed by atoms with Crippen LogP contribution in [0.4, 0.5) is 5.69 Å². The highest BCUT2D eigenvalue weighted by atomic mass is 79.9. The number of halogens is 5. The third-order valence-corrected chi connectivity index (χ3v) is 7.48. The van der Waals surface area contributed by atoms with E-state index in [4.69, 9.17) is 34.8 Å². The molecule has 20 heavy (non-hydrogen) atoms. The zero-order valence-corrected chi connectivity index (χ0v) is 16.3. The van der Waals surface area contributed by atoms with Crippen molar-refractivity contribution in [3.05, 3.63) is 41.5 Å². The maximum Gasteiger partial charge on any atom is 0.271 e. The maximum absolute atomic E-state index is 12.2. The monoisotopic (exact) mass is 497 g/mol. The first-order valence-corrected chi connectivity index (χ1v) is 9.85. The second-order valence-electron chi connectivity index (χ2n) is 3.54.